The maximum absolute atomic E-state index is 13.1. The summed E-state index contributed by atoms with van der Waals surface area (Å²) in [7, 11) is 0. The summed E-state index contributed by atoms with van der Waals surface area (Å²) in [6.45, 7) is 5.16. The van der Waals surface area contributed by atoms with Crippen molar-refractivity contribution in [2.24, 2.45) is 5.41 Å². The van der Waals surface area contributed by atoms with E-state index >= 15 is 0 Å². The summed E-state index contributed by atoms with van der Waals surface area (Å²) >= 11 is 0. The minimum atomic E-state index is -0.617. The molecule has 1 fully saturated rings. The zero-order chi connectivity index (χ0) is 17.2. The van der Waals surface area contributed by atoms with Crippen molar-refractivity contribution < 1.29 is 14.3 Å². The Balaban J connectivity index is 1.88. The summed E-state index contributed by atoms with van der Waals surface area (Å²) in [5.74, 6) is -0.220. The fraction of sp³-hybridized carbons (Fsp3) is 0.400. The zero-order valence-electron chi connectivity index (χ0n) is 14.2. The number of piperidine rings is 1. The van der Waals surface area contributed by atoms with E-state index in [1.165, 1.54) is 0 Å². The van der Waals surface area contributed by atoms with Gasteiger partial charge in [0, 0.05) is 18.7 Å². The van der Waals surface area contributed by atoms with E-state index in [4.69, 9.17) is 4.74 Å². The number of rotatable bonds is 3. The molecule has 2 aromatic carbocycles. The summed E-state index contributed by atoms with van der Waals surface area (Å²) in [6, 6.07) is 13.7. The first-order chi connectivity index (χ1) is 11.5. The van der Waals surface area contributed by atoms with Gasteiger partial charge in [-0.3, -0.25) is 9.59 Å². The van der Waals surface area contributed by atoms with E-state index in [2.05, 4.69) is 0 Å². The first-order valence-electron chi connectivity index (χ1n) is 8.49. The van der Waals surface area contributed by atoms with Crippen molar-refractivity contribution >= 4 is 22.6 Å². The highest BCUT2D eigenvalue weighted by Crippen LogP contribution is 2.32. The van der Waals surface area contributed by atoms with Gasteiger partial charge in [0.2, 0.25) is 0 Å². The van der Waals surface area contributed by atoms with E-state index in [0.29, 0.717) is 25.3 Å². The van der Waals surface area contributed by atoms with Crippen molar-refractivity contribution in [2.75, 3.05) is 19.7 Å². The standard InChI is InChI=1S/C20H23NO3/c1-3-24-19(23)20(2)12-7-13-21(14-20)18(22)17-11-6-9-15-8-4-5-10-16(15)17/h4-6,8-11H,3,7,12-14H2,1-2H3. The van der Waals surface area contributed by atoms with E-state index in [0.717, 1.165) is 23.6 Å². The topological polar surface area (TPSA) is 46.6 Å². The number of nitrogens with zero attached hydrogens (tertiary/aromatic N) is 1. The molecule has 1 saturated heterocycles. The van der Waals surface area contributed by atoms with Crippen LogP contribution in [0.2, 0.25) is 0 Å². The van der Waals surface area contributed by atoms with Crippen molar-refractivity contribution in [3.63, 3.8) is 0 Å². The minimum absolute atomic E-state index is 0.0120. The predicted octanol–water partition coefficient (Wildman–Crippen LogP) is 3.65. The van der Waals surface area contributed by atoms with E-state index < -0.39 is 5.41 Å². The molecule has 1 aliphatic rings. The second-order valence-corrected chi connectivity index (χ2v) is 6.64. The molecule has 1 amide bonds. The number of hydrogen-bond donors (Lipinski definition) is 0. The Morgan fingerprint density at radius 3 is 2.71 bits per heavy atom. The summed E-state index contributed by atoms with van der Waals surface area (Å²) in [5, 5.41) is 2.00. The van der Waals surface area contributed by atoms with E-state index in [-0.39, 0.29) is 11.9 Å². The van der Waals surface area contributed by atoms with Crippen LogP contribution in [0.15, 0.2) is 42.5 Å². The molecule has 1 unspecified atom stereocenters. The Morgan fingerprint density at radius 2 is 1.92 bits per heavy atom. The van der Waals surface area contributed by atoms with Gasteiger partial charge in [0.15, 0.2) is 0 Å². The predicted molar refractivity (Wildman–Crippen MR) is 93.8 cm³/mol. The fourth-order valence-corrected chi connectivity index (χ4v) is 3.47. The number of benzene rings is 2. The first kappa shape index (κ1) is 16.5. The molecule has 0 radical (unpaired) electrons. The van der Waals surface area contributed by atoms with Crippen LogP contribution < -0.4 is 0 Å². The van der Waals surface area contributed by atoms with Crippen LogP contribution >= 0.6 is 0 Å². The summed E-state index contributed by atoms with van der Waals surface area (Å²) in [6.07, 6.45) is 1.57. The second-order valence-electron chi connectivity index (χ2n) is 6.64. The largest absolute Gasteiger partial charge is 0.466 e. The lowest BCUT2D eigenvalue weighted by Crippen LogP contribution is -2.49. The Morgan fingerprint density at radius 1 is 1.17 bits per heavy atom. The van der Waals surface area contributed by atoms with Crippen LogP contribution in [0.3, 0.4) is 0 Å². The number of likely N-dealkylation sites (tertiary alicyclic amines) is 1. The van der Waals surface area contributed by atoms with Gasteiger partial charge in [0.05, 0.1) is 12.0 Å². The molecule has 0 spiro atoms. The molecule has 0 aromatic heterocycles. The molecule has 1 atom stereocenters. The van der Waals surface area contributed by atoms with E-state index in [9.17, 15) is 9.59 Å². The third kappa shape index (κ3) is 3.01. The molecule has 0 aliphatic carbocycles. The zero-order valence-corrected chi connectivity index (χ0v) is 14.2. The Hall–Kier alpha value is -2.36. The molecule has 2 aromatic rings. The van der Waals surface area contributed by atoms with Gasteiger partial charge >= 0.3 is 5.97 Å². The summed E-state index contributed by atoms with van der Waals surface area (Å²) in [4.78, 5) is 27.1. The molecule has 4 nitrogen and oxygen atoms in total. The van der Waals surface area contributed by atoms with Crippen LogP contribution in [-0.2, 0) is 9.53 Å². The van der Waals surface area contributed by atoms with E-state index in [1.807, 2.05) is 56.3 Å². The number of ether oxygens (including phenoxy) is 1. The molecule has 24 heavy (non-hydrogen) atoms. The molecule has 0 N–H and O–H groups in total. The van der Waals surface area contributed by atoms with Gasteiger partial charge in [-0.05, 0) is 43.5 Å². The molecular weight excluding hydrogens is 302 g/mol. The number of carbonyl (C=O) groups excluding carboxylic acids is 2. The lowest BCUT2D eigenvalue weighted by molar-refractivity contribution is -0.157. The molecule has 1 heterocycles. The van der Waals surface area contributed by atoms with Gasteiger partial charge in [-0.1, -0.05) is 36.4 Å². The maximum Gasteiger partial charge on any atom is 0.313 e. The SMILES string of the molecule is CCOC(=O)C1(C)CCCN(C(=O)c2cccc3ccccc23)C1. The highest BCUT2D eigenvalue weighted by atomic mass is 16.5. The lowest BCUT2D eigenvalue weighted by Gasteiger charge is -2.38. The van der Waals surface area contributed by atoms with Crippen molar-refractivity contribution in [3.05, 3.63) is 48.0 Å². The van der Waals surface area contributed by atoms with Gasteiger partial charge in [0.1, 0.15) is 0 Å². The van der Waals surface area contributed by atoms with Crippen molar-refractivity contribution in [3.8, 4) is 0 Å². The molecule has 126 valence electrons. The average molecular weight is 325 g/mol. The van der Waals surface area contributed by atoms with Crippen LogP contribution in [-0.4, -0.2) is 36.5 Å². The van der Waals surface area contributed by atoms with Crippen LogP contribution in [0.25, 0.3) is 10.8 Å². The van der Waals surface area contributed by atoms with Gasteiger partial charge < -0.3 is 9.64 Å². The van der Waals surface area contributed by atoms with Gasteiger partial charge in [0.25, 0.3) is 5.91 Å². The van der Waals surface area contributed by atoms with E-state index in [1.54, 1.807) is 4.90 Å². The lowest BCUT2D eigenvalue weighted by atomic mass is 9.81. The van der Waals surface area contributed by atoms with Gasteiger partial charge in [-0.25, -0.2) is 0 Å². The second kappa shape index (κ2) is 6.63. The molecule has 0 saturated carbocycles. The third-order valence-electron chi connectivity index (χ3n) is 4.77. The molecule has 0 bridgehead atoms. The Kier molecular flexibility index (Phi) is 4.56. The van der Waals surface area contributed by atoms with Gasteiger partial charge in [-0.15, -0.1) is 0 Å². The molecule has 3 rings (SSSR count). The maximum atomic E-state index is 13.1. The average Bonchev–Trinajstić information content (AvgIpc) is 2.61. The van der Waals surface area contributed by atoms with Crippen LogP contribution in [0, 0.1) is 5.41 Å². The van der Waals surface area contributed by atoms with Crippen LogP contribution in [0.5, 0.6) is 0 Å². The number of fused-ring (bicyclic) bond motifs is 1. The normalized spacial score (nSPS) is 20.8. The number of amides is 1. The summed E-state index contributed by atoms with van der Waals surface area (Å²) in [5.41, 5.74) is 0.0790. The highest BCUT2D eigenvalue weighted by molar-refractivity contribution is 6.07. The number of esters is 1. The quantitative estimate of drug-likeness (QED) is 0.809. The minimum Gasteiger partial charge on any atom is -0.466 e. The Labute approximate surface area is 142 Å². The first-order valence-corrected chi connectivity index (χ1v) is 8.49. The van der Waals surface area contributed by atoms with Crippen LogP contribution in [0.4, 0.5) is 0 Å². The third-order valence-corrected chi connectivity index (χ3v) is 4.77. The molecule has 1 aliphatic heterocycles. The van der Waals surface area contributed by atoms with Crippen molar-refractivity contribution in [1.82, 2.24) is 4.90 Å². The Bertz CT molecular complexity index is 765. The monoisotopic (exact) mass is 325 g/mol. The molecule has 4 heteroatoms. The van der Waals surface area contributed by atoms with Crippen molar-refractivity contribution in [2.45, 2.75) is 26.7 Å². The fourth-order valence-electron chi connectivity index (χ4n) is 3.47. The smallest absolute Gasteiger partial charge is 0.313 e. The number of hydrogen-bond acceptors (Lipinski definition) is 3. The highest BCUT2D eigenvalue weighted by Gasteiger charge is 2.40. The van der Waals surface area contributed by atoms with Gasteiger partial charge in [-0.2, -0.15) is 0 Å². The molecular formula is C20H23NO3. The summed E-state index contributed by atoms with van der Waals surface area (Å²) < 4.78 is 5.21. The van der Waals surface area contributed by atoms with Crippen LogP contribution in [0.1, 0.15) is 37.0 Å². The number of carbonyl (C=O) groups is 2. The van der Waals surface area contributed by atoms with Crippen molar-refractivity contribution in [1.29, 1.82) is 0 Å².